The lowest BCUT2D eigenvalue weighted by molar-refractivity contribution is 0.0946. The number of benzene rings is 1. The van der Waals surface area contributed by atoms with Gasteiger partial charge in [0.1, 0.15) is 0 Å². The highest BCUT2D eigenvalue weighted by molar-refractivity contribution is 7.80. The summed E-state index contributed by atoms with van der Waals surface area (Å²) < 4.78 is 10.3. The topological polar surface area (TPSA) is 75.5 Å². The quantitative estimate of drug-likeness (QED) is 0.833. The summed E-state index contributed by atoms with van der Waals surface area (Å²) in [5.74, 6) is 0.852. The number of ether oxygens (including phenoxy) is 2. The Balaban J connectivity index is 2.01. The van der Waals surface area contributed by atoms with Crippen molar-refractivity contribution in [1.29, 1.82) is 0 Å². The molecule has 8 heteroatoms. The summed E-state index contributed by atoms with van der Waals surface area (Å²) in [5.41, 5.74) is 0.479. The number of likely N-dealkylation sites (N-methyl/N-ethyl adjacent to an activating group) is 1. The minimum Gasteiger partial charge on any atom is -0.493 e. The van der Waals surface area contributed by atoms with E-state index in [9.17, 15) is 4.79 Å². The van der Waals surface area contributed by atoms with Gasteiger partial charge >= 0.3 is 0 Å². The Labute approximate surface area is 127 Å². The van der Waals surface area contributed by atoms with Crippen LogP contribution in [0.15, 0.2) is 28.4 Å². The maximum atomic E-state index is 12.1. The lowest BCUT2D eigenvalue weighted by atomic mass is 10.2. The highest BCUT2D eigenvalue weighted by Gasteiger charge is 2.23. The molecule has 112 valence electrons. The van der Waals surface area contributed by atoms with Crippen molar-refractivity contribution in [2.24, 2.45) is 10.2 Å². The van der Waals surface area contributed by atoms with Crippen molar-refractivity contribution in [2.75, 3.05) is 27.8 Å². The number of amides is 1. The number of carbonyl (C=O) groups is 1. The minimum absolute atomic E-state index is 0.225. The van der Waals surface area contributed by atoms with Crippen LogP contribution >= 0.6 is 12.2 Å². The average Bonchev–Trinajstić information content (AvgIpc) is 2.83. The van der Waals surface area contributed by atoms with Crippen molar-refractivity contribution in [3.63, 3.8) is 0 Å². The first-order chi connectivity index (χ1) is 10.1. The van der Waals surface area contributed by atoms with Gasteiger partial charge in [-0.2, -0.15) is 5.11 Å². The molecule has 1 unspecified atom stereocenters. The van der Waals surface area contributed by atoms with E-state index in [1.54, 1.807) is 37.3 Å². The Bertz CT molecular complexity index is 591. The highest BCUT2D eigenvalue weighted by Crippen LogP contribution is 2.27. The van der Waals surface area contributed by atoms with Gasteiger partial charge in [0.15, 0.2) is 17.7 Å². The smallest absolute Gasteiger partial charge is 0.251 e. The largest absolute Gasteiger partial charge is 0.493 e. The second-order valence-corrected chi connectivity index (χ2v) is 4.73. The van der Waals surface area contributed by atoms with Gasteiger partial charge in [-0.05, 0) is 30.4 Å². The van der Waals surface area contributed by atoms with E-state index in [1.165, 1.54) is 7.11 Å². The monoisotopic (exact) mass is 308 g/mol. The van der Waals surface area contributed by atoms with Crippen LogP contribution in [0, 0.1) is 0 Å². The van der Waals surface area contributed by atoms with Crippen molar-refractivity contribution in [3.8, 4) is 11.5 Å². The molecule has 1 aliphatic rings. The van der Waals surface area contributed by atoms with E-state index in [-0.39, 0.29) is 12.1 Å². The van der Waals surface area contributed by atoms with E-state index in [1.807, 2.05) is 0 Å². The van der Waals surface area contributed by atoms with E-state index >= 15 is 0 Å². The Hall–Kier alpha value is -2.22. The van der Waals surface area contributed by atoms with Crippen LogP contribution < -0.4 is 14.8 Å². The number of hydrogen-bond donors (Lipinski definition) is 1. The number of azo groups is 1. The Kier molecular flexibility index (Phi) is 4.69. The molecule has 0 spiro atoms. The van der Waals surface area contributed by atoms with Gasteiger partial charge in [-0.3, -0.25) is 4.79 Å². The van der Waals surface area contributed by atoms with Crippen LogP contribution in [0.25, 0.3) is 0 Å². The minimum atomic E-state index is -0.262. The molecule has 0 radical (unpaired) electrons. The Morgan fingerprint density at radius 2 is 2.10 bits per heavy atom. The molecule has 21 heavy (non-hydrogen) atoms. The second-order valence-electron chi connectivity index (χ2n) is 4.37. The molecule has 0 saturated heterocycles. The number of rotatable bonds is 5. The zero-order valence-corrected chi connectivity index (χ0v) is 12.8. The molecule has 0 aromatic heterocycles. The third kappa shape index (κ3) is 3.27. The maximum absolute atomic E-state index is 12.1. The van der Waals surface area contributed by atoms with Gasteiger partial charge in [-0.25, -0.2) is 0 Å². The molecular formula is C13H16N4O3S. The molecule has 7 nitrogen and oxygen atoms in total. The predicted octanol–water partition coefficient (Wildman–Crippen LogP) is 1.44. The SMILES string of the molecule is COc1ccc(C(=O)NCC2N=NC(=S)N2C)cc1OC. The summed E-state index contributed by atoms with van der Waals surface area (Å²) in [6.45, 7) is 0.327. The number of methoxy groups -OCH3 is 2. The van der Waals surface area contributed by atoms with Gasteiger partial charge in [0.25, 0.3) is 5.91 Å². The van der Waals surface area contributed by atoms with E-state index in [4.69, 9.17) is 21.7 Å². The lowest BCUT2D eigenvalue weighted by Crippen LogP contribution is -2.39. The highest BCUT2D eigenvalue weighted by atomic mass is 32.1. The molecule has 0 fully saturated rings. The average molecular weight is 308 g/mol. The normalized spacial score (nSPS) is 17.0. The molecule has 1 N–H and O–H groups in total. The zero-order chi connectivity index (χ0) is 15.4. The zero-order valence-electron chi connectivity index (χ0n) is 12.0. The maximum Gasteiger partial charge on any atom is 0.251 e. The molecule has 1 aromatic rings. The van der Waals surface area contributed by atoms with Gasteiger partial charge in [0.2, 0.25) is 5.11 Å². The summed E-state index contributed by atoms with van der Waals surface area (Å²) in [6.07, 6.45) is -0.262. The fourth-order valence-electron chi connectivity index (χ4n) is 1.83. The fraction of sp³-hybridized carbons (Fsp3) is 0.385. The van der Waals surface area contributed by atoms with Crippen molar-refractivity contribution in [1.82, 2.24) is 10.2 Å². The first-order valence-corrected chi connectivity index (χ1v) is 6.65. The molecular weight excluding hydrogens is 292 g/mol. The third-order valence-corrected chi connectivity index (χ3v) is 3.49. The summed E-state index contributed by atoms with van der Waals surface area (Å²) in [6, 6.07) is 4.98. The number of hydrogen-bond acceptors (Lipinski definition) is 5. The Morgan fingerprint density at radius 1 is 1.38 bits per heavy atom. The standard InChI is InChI=1S/C13H16N4O3S/c1-17-11(15-16-13(17)21)7-14-12(18)8-4-5-9(19-2)10(6-8)20-3/h4-6,11H,7H2,1-3H3,(H,14,18). The van der Waals surface area contributed by atoms with Crippen LogP contribution in [0.5, 0.6) is 11.5 Å². The molecule has 0 bridgehead atoms. The van der Waals surface area contributed by atoms with Crippen molar-refractivity contribution in [2.45, 2.75) is 6.17 Å². The van der Waals surface area contributed by atoms with Crippen LogP contribution in [0.3, 0.4) is 0 Å². The molecule has 2 rings (SSSR count). The first-order valence-electron chi connectivity index (χ1n) is 6.24. The van der Waals surface area contributed by atoms with E-state index < -0.39 is 0 Å². The molecule has 1 atom stereocenters. The van der Waals surface area contributed by atoms with Gasteiger partial charge < -0.3 is 19.7 Å². The van der Waals surface area contributed by atoms with Crippen LogP contribution in [0.2, 0.25) is 0 Å². The van der Waals surface area contributed by atoms with Crippen LogP contribution in [0.1, 0.15) is 10.4 Å². The molecule has 1 aromatic carbocycles. The lowest BCUT2D eigenvalue weighted by Gasteiger charge is -2.18. The second kappa shape index (κ2) is 6.49. The molecule has 1 amide bonds. The predicted molar refractivity (Wildman–Crippen MR) is 80.9 cm³/mol. The molecule has 0 aliphatic carbocycles. The van der Waals surface area contributed by atoms with Crippen molar-refractivity contribution < 1.29 is 14.3 Å². The number of thiocarbonyl (C=S) groups is 1. The summed E-state index contributed by atoms with van der Waals surface area (Å²) in [5, 5.41) is 11.0. The first kappa shape index (κ1) is 15.2. The van der Waals surface area contributed by atoms with Crippen LogP contribution in [-0.4, -0.2) is 49.9 Å². The Morgan fingerprint density at radius 3 is 2.67 bits per heavy atom. The summed E-state index contributed by atoms with van der Waals surface area (Å²) in [7, 11) is 4.85. The fourth-order valence-corrected chi connectivity index (χ4v) is 2.00. The van der Waals surface area contributed by atoms with Crippen LogP contribution in [0.4, 0.5) is 0 Å². The van der Waals surface area contributed by atoms with Crippen molar-refractivity contribution in [3.05, 3.63) is 23.8 Å². The number of nitrogens with one attached hydrogen (secondary N) is 1. The van der Waals surface area contributed by atoms with Gasteiger partial charge in [0.05, 0.1) is 20.8 Å². The van der Waals surface area contributed by atoms with Gasteiger partial charge in [-0.15, -0.1) is 5.11 Å². The summed E-state index contributed by atoms with van der Waals surface area (Å²) >= 11 is 4.97. The molecule has 0 saturated carbocycles. The van der Waals surface area contributed by atoms with Gasteiger partial charge in [-0.1, -0.05) is 0 Å². The van der Waals surface area contributed by atoms with Gasteiger partial charge in [0, 0.05) is 12.6 Å². The third-order valence-electron chi connectivity index (χ3n) is 3.12. The molecule has 1 aliphatic heterocycles. The number of carbonyl (C=O) groups excluding carboxylic acids is 1. The van der Waals surface area contributed by atoms with E-state index in [0.717, 1.165) is 0 Å². The van der Waals surface area contributed by atoms with E-state index in [2.05, 4.69) is 15.5 Å². The molecule has 1 heterocycles. The number of nitrogens with zero attached hydrogens (tertiary/aromatic N) is 3. The van der Waals surface area contributed by atoms with E-state index in [0.29, 0.717) is 28.7 Å². The van der Waals surface area contributed by atoms with Crippen LogP contribution in [-0.2, 0) is 0 Å². The summed E-state index contributed by atoms with van der Waals surface area (Å²) in [4.78, 5) is 13.9. The van der Waals surface area contributed by atoms with Crippen molar-refractivity contribution >= 4 is 23.2 Å².